The van der Waals surface area contributed by atoms with Crippen LogP contribution in [0.15, 0.2) is 64.2 Å². The first-order chi connectivity index (χ1) is 10.7. The molecule has 0 aliphatic heterocycles. The minimum Gasteiger partial charge on any atom is -0.343 e. The quantitative estimate of drug-likeness (QED) is 0.635. The number of carbonyl (C=O) groups excluding carboxylic acids is 2. The second-order valence-corrected chi connectivity index (χ2v) is 5.22. The van der Waals surface area contributed by atoms with Crippen molar-refractivity contribution in [2.24, 2.45) is 5.10 Å². The van der Waals surface area contributed by atoms with Gasteiger partial charge in [0.1, 0.15) is 0 Å². The van der Waals surface area contributed by atoms with Gasteiger partial charge >= 0.3 is 0 Å². The lowest BCUT2D eigenvalue weighted by atomic mass is 10.2. The minimum atomic E-state index is -0.396. The third-order valence-electron chi connectivity index (χ3n) is 2.73. The van der Waals surface area contributed by atoms with Gasteiger partial charge in [0, 0.05) is 4.47 Å². The predicted octanol–water partition coefficient (Wildman–Crippen LogP) is 2.33. The van der Waals surface area contributed by atoms with Gasteiger partial charge in [-0.3, -0.25) is 9.59 Å². The zero-order valence-corrected chi connectivity index (χ0v) is 13.2. The van der Waals surface area contributed by atoms with E-state index in [2.05, 4.69) is 31.8 Å². The van der Waals surface area contributed by atoms with Crippen LogP contribution in [0, 0.1) is 0 Å². The molecule has 2 amide bonds. The average molecular weight is 360 g/mol. The van der Waals surface area contributed by atoms with E-state index >= 15 is 0 Å². The maximum atomic E-state index is 11.9. The van der Waals surface area contributed by atoms with Gasteiger partial charge < -0.3 is 5.32 Å². The molecule has 0 saturated heterocycles. The highest BCUT2D eigenvalue weighted by Gasteiger charge is 2.10. The number of hydrazone groups is 1. The molecule has 0 aliphatic carbocycles. The second kappa shape index (κ2) is 8.09. The maximum Gasteiger partial charge on any atom is 0.259 e. The number of benzene rings is 2. The third kappa shape index (κ3) is 4.82. The van der Waals surface area contributed by atoms with Crippen LogP contribution in [0.5, 0.6) is 0 Å². The molecule has 0 unspecified atom stereocenters. The van der Waals surface area contributed by atoms with Crippen molar-refractivity contribution in [2.75, 3.05) is 6.54 Å². The summed E-state index contributed by atoms with van der Waals surface area (Å²) < 4.78 is 0.676. The topological polar surface area (TPSA) is 70.6 Å². The molecule has 0 saturated carbocycles. The van der Waals surface area contributed by atoms with Crippen molar-refractivity contribution in [3.05, 3.63) is 70.2 Å². The van der Waals surface area contributed by atoms with Crippen LogP contribution in [0.1, 0.15) is 15.9 Å². The Morgan fingerprint density at radius 1 is 1.05 bits per heavy atom. The molecule has 0 atom stereocenters. The van der Waals surface area contributed by atoms with Gasteiger partial charge in [-0.1, -0.05) is 42.5 Å². The van der Waals surface area contributed by atoms with Gasteiger partial charge in [-0.25, -0.2) is 5.43 Å². The van der Waals surface area contributed by atoms with Gasteiger partial charge in [-0.05, 0) is 33.6 Å². The molecule has 2 aromatic carbocycles. The lowest BCUT2D eigenvalue weighted by molar-refractivity contribution is -0.120. The van der Waals surface area contributed by atoms with E-state index in [1.54, 1.807) is 18.2 Å². The number of rotatable bonds is 5. The smallest absolute Gasteiger partial charge is 0.259 e. The van der Waals surface area contributed by atoms with Crippen LogP contribution >= 0.6 is 15.9 Å². The largest absolute Gasteiger partial charge is 0.343 e. The van der Waals surface area contributed by atoms with Crippen LogP contribution in [0.3, 0.4) is 0 Å². The molecule has 0 aromatic heterocycles. The van der Waals surface area contributed by atoms with Crippen molar-refractivity contribution in [1.29, 1.82) is 0 Å². The summed E-state index contributed by atoms with van der Waals surface area (Å²) in [5.41, 5.74) is 3.71. The maximum absolute atomic E-state index is 11.9. The van der Waals surface area contributed by atoms with E-state index in [0.717, 1.165) is 5.56 Å². The first-order valence-corrected chi connectivity index (χ1v) is 7.36. The fourth-order valence-electron chi connectivity index (χ4n) is 1.66. The molecule has 5 nitrogen and oxygen atoms in total. The van der Waals surface area contributed by atoms with E-state index < -0.39 is 5.91 Å². The van der Waals surface area contributed by atoms with E-state index in [4.69, 9.17) is 0 Å². The third-order valence-corrected chi connectivity index (χ3v) is 3.42. The molecular formula is C16H14BrN3O2. The van der Waals surface area contributed by atoms with Crippen molar-refractivity contribution in [2.45, 2.75) is 0 Å². The average Bonchev–Trinajstić information content (AvgIpc) is 2.54. The van der Waals surface area contributed by atoms with E-state index in [-0.39, 0.29) is 12.5 Å². The zero-order chi connectivity index (χ0) is 15.8. The van der Waals surface area contributed by atoms with Gasteiger partial charge in [0.05, 0.1) is 18.3 Å². The monoisotopic (exact) mass is 359 g/mol. The molecule has 6 heteroatoms. The Morgan fingerprint density at radius 2 is 1.73 bits per heavy atom. The summed E-state index contributed by atoms with van der Waals surface area (Å²) >= 11 is 3.29. The van der Waals surface area contributed by atoms with Crippen molar-refractivity contribution >= 4 is 34.0 Å². The van der Waals surface area contributed by atoms with E-state index in [1.807, 2.05) is 36.4 Å². The Labute approximate surface area is 136 Å². The van der Waals surface area contributed by atoms with Crippen LogP contribution in [-0.4, -0.2) is 24.6 Å². The first kappa shape index (κ1) is 15.9. The van der Waals surface area contributed by atoms with Crippen LogP contribution in [0.2, 0.25) is 0 Å². The number of amides is 2. The summed E-state index contributed by atoms with van der Waals surface area (Å²) in [4.78, 5) is 23.5. The molecule has 2 aromatic rings. The van der Waals surface area contributed by atoms with E-state index in [9.17, 15) is 9.59 Å². The highest BCUT2D eigenvalue weighted by atomic mass is 79.9. The molecule has 0 bridgehead atoms. The SMILES string of the molecule is O=C(CNC(=O)c1ccccc1Br)N/N=C/c1ccccc1. The Kier molecular flexibility index (Phi) is 5.85. The van der Waals surface area contributed by atoms with Gasteiger partial charge in [0.25, 0.3) is 11.8 Å². The molecule has 0 heterocycles. The van der Waals surface area contributed by atoms with Gasteiger partial charge in [0.15, 0.2) is 0 Å². The van der Waals surface area contributed by atoms with Crippen LogP contribution in [0.4, 0.5) is 0 Å². The zero-order valence-electron chi connectivity index (χ0n) is 11.6. The predicted molar refractivity (Wildman–Crippen MR) is 88.7 cm³/mol. The lowest BCUT2D eigenvalue weighted by Crippen LogP contribution is -2.35. The summed E-state index contributed by atoms with van der Waals surface area (Å²) in [6, 6.07) is 16.4. The normalized spacial score (nSPS) is 10.4. The molecule has 22 heavy (non-hydrogen) atoms. The van der Waals surface area contributed by atoms with Crippen molar-refractivity contribution in [3.8, 4) is 0 Å². The van der Waals surface area contributed by atoms with Gasteiger partial charge in [-0.15, -0.1) is 0 Å². The number of hydrogen-bond donors (Lipinski definition) is 2. The van der Waals surface area contributed by atoms with E-state index in [1.165, 1.54) is 6.21 Å². The Morgan fingerprint density at radius 3 is 2.45 bits per heavy atom. The fraction of sp³-hybridized carbons (Fsp3) is 0.0625. The summed E-state index contributed by atoms with van der Waals surface area (Å²) in [5, 5.41) is 6.36. The molecule has 112 valence electrons. The lowest BCUT2D eigenvalue weighted by Gasteiger charge is -2.05. The highest BCUT2D eigenvalue weighted by molar-refractivity contribution is 9.10. The molecule has 2 N–H and O–H groups in total. The summed E-state index contributed by atoms with van der Waals surface area (Å²) in [5.74, 6) is -0.720. The summed E-state index contributed by atoms with van der Waals surface area (Å²) in [6.45, 7) is -0.147. The Bertz CT molecular complexity index is 687. The Hall–Kier alpha value is -2.47. The van der Waals surface area contributed by atoms with Crippen molar-refractivity contribution in [1.82, 2.24) is 10.7 Å². The number of nitrogens with one attached hydrogen (secondary N) is 2. The highest BCUT2D eigenvalue weighted by Crippen LogP contribution is 2.15. The number of carbonyl (C=O) groups is 2. The van der Waals surface area contributed by atoms with Gasteiger partial charge in [0.2, 0.25) is 0 Å². The summed E-state index contributed by atoms with van der Waals surface area (Å²) in [7, 11) is 0. The fourth-order valence-corrected chi connectivity index (χ4v) is 2.12. The van der Waals surface area contributed by atoms with Crippen LogP contribution in [0.25, 0.3) is 0 Å². The number of nitrogens with zero attached hydrogens (tertiary/aromatic N) is 1. The standard InChI is InChI=1S/C16H14BrN3O2/c17-14-9-5-4-8-13(14)16(22)18-11-15(21)20-19-10-12-6-2-1-3-7-12/h1-10H,11H2,(H,18,22)(H,20,21)/b19-10+. The Balaban J connectivity index is 1.80. The minimum absolute atomic E-state index is 0.147. The number of halogens is 1. The molecule has 0 radical (unpaired) electrons. The summed E-state index contributed by atoms with van der Waals surface area (Å²) in [6.07, 6.45) is 1.54. The molecule has 0 fully saturated rings. The van der Waals surface area contributed by atoms with Gasteiger partial charge in [-0.2, -0.15) is 5.10 Å². The molecule has 2 rings (SSSR count). The van der Waals surface area contributed by atoms with Crippen molar-refractivity contribution < 1.29 is 9.59 Å². The van der Waals surface area contributed by atoms with Crippen LogP contribution in [-0.2, 0) is 4.79 Å². The van der Waals surface area contributed by atoms with Crippen molar-refractivity contribution in [3.63, 3.8) is 0 Å². The van der Waals surface area contributed by atoms with Crippen LogP contribution < -0.4 is 10.7 Å². The number of hydrogen-bond acceptors (Lipinski definition) is 3. The molecule has 0 spiro atoms. The van der Waals surface area contributed by atoms with E-state index in [0.29, 0.717) is 10.0 Å². The molecule has 0 aliphatic rings. The molecular weight excluding hydrogens is 346 g/mol. The second-order valence-electron chi connectivity index (χ2n) is 4.37. The first-order valence-electron chi connectivity index (χ1n) is 6.56.